The molecule has 0 fully saturated rings. The van der Waals surface area contributed by atoms with Crippen molar-refractivity contribution >= 4 is 23.2 Å². The van der Waals surface area contributed by atoms with E-state index < -0.39 is 0 Å². The van der Waals surface area contributed by atoms with Gasteiger partial charge in [-0.05, 0) is 37.1 Å². The van der Waals surface area contributed by atoms with Crippen LogP contribution in [0.4, 0.5) is 0 Å². The zero-order valence-corrected chi connectivity index (χ0v) is 15.5. The average molecular weight is 339 g/mol. The van der Waals surface area contributed by atoms with Crippen LogP contribution in [-0.4, -0.2) is 38.0 Å². The molecule has 6 heteroatoms. The van der Waals surface area contributed by atoms with Crippen molar-refractivity contribution in [3.8, 4) is 0 Å². The predicted molar refractivity (Wildman–Crippen MR) is 99.1 cm³/mol. The minimum Gasteiger partial charge on any atom is -0.356 e. The van der Waals surface area contributed by atoms with Gasteiger partial charge < -0.3 is 16.0 Å². The van der Waals surface area contributed by atoms with Gasteiger partial charge in [0.2, 0.25) is 5.91 Å². The summed E-state index contributed by atoms with van der Waals surface area (Å²) in [5.41, 5.74) is 0. The number of guanidine groups is 1. The van der Waals surface area contributed by atoms with Gasteiger partial charge in [-0.3, -0.25) is 9.79 Å². The monoisotopic (exact) mass is 338 g/mol. The lowest BCUT2D eigenvalue weighted by atomic mass is 10.1. The molecule has 3 N–H and O–H groups in total. The average Bonchev–Trinajstić information content (AvgIpc) is 3.03. The topological polar surface area (TPSA) is 65.5 Å². The van der Waals surface area contributed by atoms with Crippen LogP contribution in [0.1, 0.15) is 38.5 Å². The Morgan fingerprint density at radius 2 is 2.13 bits per heavy atom. The van der Waals surface area contributed by atoms with Crippen molar-refractivity contribution in [3.63, 3.8) is 0 Å². The SMILES string of the molecule is CCC(C)NC(=O)CCNC(=NC)NCC(C)Cc1cccs1. The third-order valence-corrected chi connectivity index (χ3v) is 4.53. The van der Waals surface area contributed by atoms with Crippen molar-refractivity contribution < 1.29 is 4.79 Å². The van der Waals surface area contributed by atoms with E-state index in [9.17, 15) is 4.79 Å². The van der Waals surface area contributed by atoms with E-state index in [0.717, 1.165) is 25.3 Å². The Kier molecular flexibility index (Phi) is 9.36. The number of carbonyl (C=O) groups excluding carboxylic acids is 1. The van der Waals surface area contributed by atoms with Gasteiger partial charge in [0.05, 0.1) is 0 Å². The van der Waals surface area contributed by atoms with Crippen molar-refractivity contribution in [3.05, 3.63) is 22.4 Å². The Labute approximate surface area is 144 Å². The Morgan fingerprint density at radius 1 is 1.35 bits per heavy atom. The normalized spacial score (nSPS) is 14.2. The van der Waals surface area contributed by atoms with Crippen LogP contribution < -0.4 is 16.0 Å². The molecule has 0 saturated carbocycles. The van der Waals surface area contributed by atoms with Crippen LogP contribution in [-0.2, 0) is 11.2 Å². The quantitative estimate of drug-likeness (QED) is 0.478. The highest BCUT2D eigenvalue weighted by Crippen LogP contribution is 2.13. The Morgan fingerprint density at radius 3 is 2.74 bits per heavy atom. The third-order valence-electron chi connectivity index (χ3n) is 3.64. The molecule has 0 aromatic carbocycles. The van der Waals surface area contributed by atoms with E-state index in [-0.39, 0.29) is 11.9 Å². The minimum absolute atomic E-state index is 0.0772. The largest absolute Gasteiger partial charge is 0.356 e. The van der Waals surface area contributed by atoms with Gasteiger partial charge in [-0.1, -0.05) is 19.9 Å². The second-order valence-corrected chi connectivity index (χ2v) is 6.93. The molecule has 0 aliphatic heterocycles. The lowest BCUT2D eigenvalue weighted by molar-refractivity contribution is -0.121. The van der Waals surface area contributed by atoms with Gasteiger partial charge in [0.15, 0.2) is 5.96 Å². The molecule has 0 bridgehead atoms. The first-order valence-corrected chi connectivity index (χ1v) is 9.19. The summed E-state index contributed by atoms with van der Waals surface area (Å²) < 4.78 is 0. The molecular formula is C17H30N4OS. The molecule has 1 rings (SSSR count). The van der Waals surface area contributed by atoms with E-state index in [1.54, 1.807) is 18.4 Å². The van der Waals surface area contributed by atoms with Gasteiger partial charge in [0, 0.05) is 37.5 Å². The number of hydrogen-bond acceptors (Lipinski definition) is 3. The number of aliphatic imine (C=N–C) groups is 1. The van der Waals surface area contributed by atoms with E-state index in [4.69, 9.17) is 0 Å². The van der Waals surface area contributed by atoms with Crippen LogP contribution in [0, 0.1) is 5.92 Å². The maximum absolute atomic E-state index is 11.7. The number of rotatable bonds is 9. The Balaban J connectivity index is 2.20. The Bertz CT molecular complexity index is 473. The van der Waals surface area contributed by atoms with Crippen molar-refractivity contribution in [2.24, 2.45) is 10.9 Å². The first-order valence-electron chi connectivity index (χ1n) is 8.31. The summed E-state index contributed by atoms with van der Waals surface area (Å²) in [6.07, 6.45) is 2.47. The molecule has 0 radical (unpaired) electrons. The molecule has 2 unspecified atom stereocenters. The van der Waals surface area contributed by atoms with Gasteiger partial charge in [-0.15, -0.1) is 11.3 Å². The van der Waals surface area contributed by atoms with E-state index in [2.05, 4.69) is 52.3 Å². The lowest BCUT2D eigenvalue weighted by Gasteiger charge is -2.16. The molecule has 1 heterocycles. The molecule has 1 aromatic heterocycles. The number of nitrogens with one attached hydrogen (secondary N) is 3. The third kappa shape index (κ3) is 8.59. The fourth-order valence-corrected chi connectivity index (χ4v) is 2.95. The van der Waals surface area contributed by atoms with Gasteiger partial charge in [0.1, 0.15) is 0 Å². The highest BCUT2D eigenvalue weighted by molar-refractivity contribution is 7.09. The number of amides is 1. The number of nitrogens with zero attached hydrogens (tertiary/aromatic N) is 1. The van der Waals surface area contributed by atoms with Crippen LogP contribution in [0.5, 0.6) is 0 Å². The summed E-state index contributed by atoms with van der Waals surface area (Å²) in [5.74, 6) is 1.36. The second-order valence-electron chi connectivity index (χ2n) is 5.90. The molecule has 2 atom stereocenters. The summed E-state index contributed by atoms with van der Waals surface area (Å²) in [4.78, 5) is 17.3. The van der Waals surface area contributed by atoms with E-state index in [1.165, 1.54) is 4.88 Å². The maximum atomic E-state index is 11.7. The van der Waals surface area contributed by atoms with Crippen LogP contribution in [0.3, 0.4) is 0 Å². The summed E-state index contributed by atoms with van der Waals surface area (Å²) in [7, 11) is 1.75. The highest BCUT2D eigenvalue weighted by atomic mass is 32.1. The summed E-state index contributed by atoms with van der Waals surface area (Å²) in [6.45, 7) is 7.74. The van der Waals surface area contributed by atoms with Crippen molar-refractivity contribution in [2.45, 2.75) is 46.1 Å². The van der Waals surface area contributed by atoms with E-state index >= 15 is 0 Å². The molecule has 5 nitrogen and oxygen atoms in total. The highest BCUT2D eigenvalue weighted by Gasteiger charge is 2.08. The van der Waals surface area contributed by atoms with Gasteiger partial charge in [0.25, 0.3) is 0 Å². The van der Waals surface area contributed by atoms with Crippen molar-refractivity contribution in [2.75, 3.05) is 20.1 Å². The van der Waals surface area contributed by atoms with Crippen LogP contribution in [0.25, 0.3) is 0 Å². The first kappa shape index (κ1) is 19.5. The van der Waals surface area contributed by atoms with Gasteiger partial charge in [-0.25, -0.2) is 0 Å². The van der Waals surface area contributed by atoms with Gasteiger partial charge in [-0.2, -0.15) is 0 Å². The fraction of sp³-hybridized carbons (Fsp3) is 0.647. The van der Waals surface area contributed by atoms with Crippen LogP contribution in [0.2, 0.25) is 0 Å². The fourth-order valence-electron chi connectivity index (χ4n) is 2.08. The van der Waals surface area contributed by atoms with Crippen molar-refractivity contribution in [1.82, 2.24) is 16.0 Å². The lowest BCUT2D eigenvalue weighted by Crippen LogP contribution is -2.41. The molecule has 0 saturated heterocycles. The minimum atomic E-state index is 0.0772. The molecule has 1 aromatic rings. The number of carbonyl (C=O) groups is 1. The molecular weight excluding hydrogens is 308 g/mol. The molecule has 1 amide bonds. The van der Waals surface area contributed by atoms with E-state index in [0.29, 0.717) is 18.9 Å². The molecule has 130 valence electrons. The second kappa shape index (κ2) is 11.0. The summed E-state index contributed by atoms with van der Waals surface area (Å²) in [6, 6.07) is 4.49. The summed E-state index contributed by atoms with van der Waals surface area (Å²) >= 11 is 1.80. The zero-order chi connectivity index (χ0) is 17.1. The summed E-state index contributed by atoms with van der Waals surface area (Å²) in [5, 5.41) is 11.6. The standard InChI is InChI=1S/C17H30N4OS/c1-5-14(3)21-16(22)8-9-19-17(18-4)20-12-13(2)11-15-7-6-10-23-15/h6-7,10,13-14H,5,8-9,11-12H2,1-4H3,(H,21,22)(H2,18,19,20). The first-order chi connectivity index (χ1) is 11.0. The number of hydrogen-bond donors (Lipinski definition) is 3. The predicted octanol–water partition coefficient (Wildman–Crippen LogP) is 2.40. The molecule has 23 heavy (non-hydrogen) atoms. The van der Waals surface area contributed by atoms with Crippen LogP contribution >= 0.6 is 11.3 Å². The maximum Gasteiger partial charge on any atom is 0.221 e. The van der Waals surface area contributed by atoms with Gasteiger partial charge >= 0.3 is 0 Å². The van der Waals surface area contributed by atoms with Crippen LogP contribution in [0.15, 0.2) is 22.5 Å². The molecule has 0 spiro atoms. The smallest absolute Gasteiger partial charge is 0.221 e. The number of thiophene rings is 1. The molecule has 0 aliphatic rings. The van der Waals surface area contributed by atoms with E-state index in [1.807, 2.05) is 6.92 Å². The Hall–Kier alpha value is -1.56. The van der Waals surface area contributed by atoms with Crippen molar-refractivity contribution in [1.29, 1.82) is 0 Å². The zero-order valence-electron chi connectivity index (χ0n) is 14.7. The molecule has 0 aliphatic carbocycles.